The molecule has 0 aliphatic rings. The molecule has 0 aliphatic carbocycles. The quantitative estimate of drug-likeness (QED) is 0.866. The minimum Gasteiger partial charge on any atom is -0.336 e. The maximum Gasteiger partial charge on any atom is 0.315 e. The standard InChI is InChI=1S/C14H18BrN5O/c1-10-7-11(2)20(19-10)6-5-16-14(21)18-9-13-4-3-12(15)8-17-13/h3-4,7-8H,5-6,9H2,1-2H3,(H2,16,18,21). The number of nitrogens with one attached hydrogen (secondary N) is 2. The van der Waals surface area contributed by atoms with Crippen LogP contribution in [0.1, 0.15) is 17.1 Å². The van der Waals surface area contributed by atoms with Gasteiger partial charge in [0.2, 0.25) is 0 Å². The predicted octanol–water partition coefficient (Wildman–Crippen LogP) is 2.16. The van der Waals surface area contributed by atoms with Crippen LogP contribution in [0.5, 0.6) is 0 Å². The summed E-state index contributed by atoms with van der Waals surface area (Å²) in [5.41, 5.74) is 2.89. The zero-order valence-corrected chi connectivity index (χ0v) is 13.6. The highest BCUT2D eigenvalue weighted by atomic mass is 79.9. The van der Waals surface area contributed by atoms with Crippen molar-refractivity contribution in [3.8, 4) is 0 Å². The first-order valence-electron chi connectivity index (χ1n) is 6.68. The normalized spacial score (nSPS) is 10.4. The molecule has 0 bridgehead atoms. The van der Waals surface area contributed by atoms with Gasteiger partial charge in [0.05, 0.1) is 24.5 Å². The molecule has 112 valence electrons. The smallest absolute Gasteiger partial charge is 0.315 e. The fraction of sp³-hybridized carbons (Fsp3) is 0.357. The number of carbonyl (C=O) groups is 1. The maximum atomic E-state index is 11.7. The Morgan fingerprint density at radius 2 is 2.14 bits per heavy atom. The first-order valence-corrected chi connectivity index (χ1v) is 7.47. The van der Waals surface area contributed by atoms with Gasteiger partial charge in [-0.25, -0.2) is 4.79 Å². The number of nitrogens with zero attached hydrogens (tertiary/aromatic N) is 3. The highest BCUT2D eigenvalue weighted by Crippen LogP contribution is 2.07. The molecule has 0 aromatic carbocycles. The number of hydrogen-bond acceptors (Lipinski definition) is 3. The average molecular weight is 352 g/mol. The summed E-state index contributed by atoms with van der Waals surface area (Å²) >= 11 is 3.32. The first kappa shape index (κ1) is 15.5. The van der Waals surface area contributed by atoms with Crippen LogP contribution < -0.4 is 10.6 Å². The van der Waals surface area contributed by atoms with Gasteiger partial charge in [-0.1, -0.05) is 0 Å². The summed E-state index contributed by atoms with van der Waals surface area (Å²) in [6, 6.07) is 5.56. The fourth-order valence-corrected chi connectivity index (χ4v) is 2.16. The Hall–Kier alpha value is -1.89. The molecular formula is C14H18BrN5O. The van der Waals surface area contributed by atoms with Gasteiger partial charge < -0.3 is 10.6 Å². The van der Waals surface area contributed by atoms with Crippen molar-refractivity contribution >= 4 is 22.0 Å². The Balaban J connectivity index is 1.70. The topological polar surface area (TPSA) is 71.8 Å². The molecule has 6 nitrogen and oxygen atoms in total. The number of hydrogen-bond donors (Lipinski definition) is 2. The van der Waals surface area contributed by atoms with E-state index >= 15 is 0 Å². The van der Waals surface area contributed by atoms with Gasteiger partial charge in [-0.2, -0.15) is 5.10 Å². The molecule has 2 N–H and O–H groups in total. The maximum absolute atomic E-state index is 11.7. The van der Waals surface area contributed by atoms with Gasteiger partial charge >= 0.3 is 6.03 Å². The molecule has 21 heavy (non-hydrogen) atoms. The van der Waals surface area contributed by atoms with Crippen LogP contribution in [0.25, 0.3) is 0 Å². The van der Waals surface area contributed by atoms with Crippen LogP contribution in [0, 0.1) is 13.8 Å². The zero-order valence-electron chi connectivity index (χ0n) is 12.1. The SMILES string of the molecule is Cc1cc(C)n(CCNC(=O)NCc2ccc(Br)cn2)n1. The zero-order chi connectivity index (χ0) is 15.2. The number of aryl methyl sites for hydroxylation is 2. The molecule has 2 aromatic rings. The van der Waals surface area contributed by atoms with Crippen molar-refractivity contribution in [2.45, 2.75) is 26.9 Å². The van der Waals surface area contributed by atoms with E-state index in [-0.39, 0.29) is 6.03 Å². The number of aromatic nitrogens is 3. The lowest BCUT2D eigenvalue weighted by Crippen LogP contribution is -2.37. The summed E-state index contributed by atoms with van der Waals surface area (Å²) in [4.78, 5) is 15.9. The molecule has 7 heteroatoms. The number of halogens is 1. The fourth-order valence-electron chi connectivity index (χ4n) is 1.92. The minimum atomic E-state index is -0.207. The molecule has 0 unspecified atom stereocenters. The van der Waals surface area contributed by atoms with Gasteiger partial charge in [-0.3, -0.25) is 9.67 Å². The second-order valence-corrected chi connectivity index (χ2v) is 5.64. The summed E-state index contributed by atoms with van der Waals surface area (Å²) in [5, 5.41) is 9.91. The summed E-state index contributed by atoms with van der Waals surface area (Å²) in [5.74, 6) is 0. The van der Waals surface area contributed by atoms with E-state index in [1.54, 1.807) is 6.20 Å². The van der Waals surface area contributed by atoms with Crippen molar-refractivity contribution in [3.63, 3.8) is 0 Å². The molecule has 0 fully saturated rings. The summed E-state index contributed by atoms with van der Waals surface area (Å²) in [6.45, 7) is 5.54. The molecule has 0 atom stereocenters. The largest absolute Gasteiger partial charge is 0.336 e. The number of pyridine rings is 1. The van der Waals surface area contributed by atoms with Crippen molar-refractivity contribution in [1.82, 2.24) is 25.4 Å². The van der Waals surface area contributed by atoms with E-state index in [0.29, 0.717) is 19.6 Å². The third kappa shape index (κ3) is 4.86. The van der Waals surface area contributed by atoms with Crippen LogP contribution in [-0.4, -0.2) is 27.3 Å². The average Bonchev–Trinajstić information content (AvgIpc) is 2.76. The molecule has 2 amide bonds. The van der Waals surface area contributed by atoms with Gasteiger partial charge in [-0.15, -0.1) is 0 Å². The second kappa shape index (κ2) is 7.21. The number of carbonyl (C=O) groups excluding carboxylic acids is 1. The van der Waals surface area contributed by atoms with Crippen molar-refractivity contribution in [3.05, 3.63) is 46.0 Å². The third-order valence-electron chi connectivity index (χ3n) is 2.93. The summed E-state index contributed by atoms with van der Waals surface area (Å²) in [6.07, 6.45) is 1.71. The second-order valence-electron chi connectivity index (χ2n) is 4.73. The van der Waals surface area contributed by atoms with E-state index < -0.39 is 0 Å². The van der Waals surface area contributed by atoms with Crippen LogP contribution in [-0.2, 0) is 13.1 Å². The molecule has 2 rings (SSSR count). The Morgan fingerprint density at radius 3 is 2.76 bits per heavy atom. The number of urea groups is 1. The van der Waals surface area contributed by atoms with E-state index in [2.05, 4.69) is 36.6 Å². The molecule has 0 radical (unpaired) electrons. The Morgan fingerprint density at radius 1 is 1.33 bits per heavy atom. The highest BCUT2D eigenvalue weighted by Gasteiger charge is 2.03. The van der Waals surface area contributed by atoms with Gasteiger partial charge in [0.1, 0.15) is 0 Å². The lowest BCUT2D eigenvalue weighted by molar-refractivity contribution is 0.240. The van der Waals surface area contributed by atoms with Gasteiger partial charge in [0, 0.05) is 22.9 Å². The van der Waals surface area contributed by atoms with Crippen LogP contribution in [0.4, 0.5) is 4.79 Å². The van der Waals surface area contributed by atoms with Crippen LogP contribution in [0.15, 0.2) is 28.9 Å². The molecule has 0 saturated carbocycles. The first-order chi connectivity index (χ1) is 10.0. The van der Waals surface area contributed by atoms with Crippen molar-refractivity contribution in [2.24, 2.45) is 0 Å². The Bertz CT molecular complexity index is 608. The monoisotopic (exact) mass is 351 g/mol. The Labute approximate surface area is 132 Å². The third-order valence-corrected chi connectivity index (χ3v) is 3.40. The lowest BCUT2D eigenvalue weighted by atomic mass is 10.3. The molecule has 2 aromatic heterocycles. The van der Waals surface area contributed by atoms with Crippen LogP contribution >= 0.6 is 15.9 Å². The molecule has 0 saturated heterocycles. The van der Waals surface area contributed by atoms with E-state index in [4.69, 9.17) is 0 Å². The highest BCUT2D eigenvalue weighted by molar-refractivity contribution is 9.10. The Kier molecular flexibility index (Phi) is 5.32. The van der Waals surface area contributed by atoms with E-state index in [1.165, 1.54) is 0 Å². The van der Waals surface area contributed by atoms with E-state index in [1.807, 2.05) is 36.7 Å². The van der Waals surface area contributed by atoms with Crippen molar-refractivity contribution in [2.75, 3.05) is 6.54 Å². The van der Waals surface area contributed by atoms with Gasteiger partial charge in [0.25, 0.3) is 0 Å². The lowest BCUT2D eigenvalue weighted by Gasteiger charge is -2.08. The summed E-state index contributed by atoms with van der Waals surface area (Å²) in [7, 11) is 0. The minimum absolute atomic E-state index is 0.207. The molecule has 0 aliphatic heterocycles. The van der Waals surface area contributed by atoms with Gasteiger partial charge in [-0.05, 0) is 48.0 Å². The van der Waals surface area contributed by atoms with Crippen molar-refractivity contribution < 1.29 is 4.79 Å². The number of amides is 2. The summed E-state index contributed by atoms with van der Waals surface area (Å²) < 4.78 is 2.80. The van der Waals surface area contributed by atoms with Crippen molar-refractivity contribution in [1.29, 1.82) is 0 Å². The van der Waals surface area contributed by atoms with Gasteiger partial charge in [0.15, 0.2) is 0 Å². The predicted molar refractivity (Wildman–Crippen MR) is 83.9 cm³/mol. The molecule has 2 heterocycles. The van der Waals surface area contributed by atoms with E-state index in [0.717, 1.165) is 21.6 Å². The van der Waals surface area contributed by atoms with E-state index in [9.17, 15) is 4.79 Å². The van der Waals surface area contributed by atoms with Crippen LogP contribution in [0.2, 0.25) is 0 Å². The number of rotatable bonds is 5. The molecule has 0 spiro atoms. The molecular weight excluding hydrogens is 334 g/mol. The van der Waals surface area contributed by atoms with Crippen LogP contribution in [0.3, 0.4) is 0 Å².